The Balaban J connectivity index is 2.69. The first-order valence-electron chi connectivity index (χ1n) is 4.23. The molecular formula is C11H11NO2. The van der Waals surface area contributed by atoms with Crippen molar-refractivity contribution < 1.29 is 9.59 Å². The van der Waals surface area contributed by atoms with Gasteiger partial charge in [0.2, 0.25) is 5.91 Å². The predicted molar refractivity (Wildman–Crippen MR) is 54.0 cm³/mol. The van der Waals surface area contributed by atoms with Crippen LogP contribution in [0.15, 0.2) is 42.5 Å². The Hall–Kier alpha value is -1.90. The standard InChI is InChI=1S/C11H11NO2/c1-12-11(14)8-7-10(13)9-5-3-2-4-6-9/h2-8H,1H3,(H,12,14)/b8-7+. The molecule has 1 aromatic rings. The summed E-state index contributed by atoms with van der Waals surface area (Å²) in [6, 6.07) is 8.80. The first-order chi connectivity index (χ1) is 6.74. The van der Waals surface area contributed by atoms with E-state index >= 15 is 0 Å². The van der Waals surface area contributed by atoms with Gasteiger partial charge < -0.3 is 5.32 Å². The zero-order chi connectivity index (χ0) is 10.4. The van der Waals surface area contributed by atoms with Gasteiger partial charge in [-0.3, -0.25) is 9.59 Å². The first-order valence-corrected chi connectivity index (χ1v) is 4.23. The van der Waals surface area contributed by atoms with Gasteiger partial charge in [-0.1, -0.05) is 30.3 Å². The Morgan fingerprint density at radius 1 is 1.14 bits per heavy atom. The van der Waals surface area contributed by atoms with E-state index in [2.05, 4.69) is 5.32 Å². The van der Waals surface area contributed by atoms with Gasteiger partial charge in [-0.05, 0) is 6.08 Å². The molecule has 0 bridgehead atoms. The fourth-order valence-corrected chi connectivity index (χ4v) is 0.933. The van der Waals surface area contributed by atoms with E-state index < -0.39 is 0 Å². The van der Waals surface area contributed by atoms with E-state index in [1.54, 1.807) is 24.3 Å². The van der Waals surface area contributed by atoms with Gasteiger partial charge in [-0.2, -0.15) is 0 Å². The molecule has 0 radical (unpaired) electrons. The molecule has 0 fully saturated rings. The molecule has 0 atom stereocenters. The normalized spacial score (nSPS) is 10.1. The minimum atomic E-state index is -0.283. The molecule has 0 aliphatic carbocycles. The van der Waals surface area contributed by atoms with Crippen molar-refractivity contribution >= 4 is 11.7 Å². The quantitative estimate of drug-likeness (QED) is 0.573. The lowest BCUT2D eigenvalue weighted by Gasteiger charge is -1.93. The lowest BCUT2D eigenvalue weighted by atomic mass is 10.1. The first kappa shape index (κ1) is 10.2. The molecule has 1 N–H and O–H groups in total. The summed E-state index contributed by atoms with van der Waals surface area (Å²) in [5.41, 5.74) is 0.577. The number of carbonyl (C=O) groups is 2. The molecular weight excluding hydrogens is 178 g/mol. The Labute approximate surface area is 82.4 Å². The van der Waals surface area contributed by atoms with E-state index in [0.29, 0.717) is 5.56 Å². The number of ketones is 1. The second-order valence-corrected chi connectivity index (χ2v) is 2.68. The van der Waals surface area contributed by atoms with Crippen LogP contribution in [0.4, 0.5) is 0 Å². The van der Waals surface area contributed by atoms with Crippen LogP contribution >= 0.6 is 0 Å². The van der Waals surface area contributed by atoms with Crippen molar-refractivity contribution in [1.29, 1.82) is 0 Å². The number of allylic oxidation sites excluding steroid dienone is 1. The molecule has 0 aliphatic heterocycles. The third-order valence-corrected chi connectivity index (χ3v) is 1.69. The summed E-state index contributed by atoms with van der Waals surface area (Å²) < 4.78 is 0. The highest BCUT2D eigenvalue weighted by atomic mass is 16.1. The Kier molecular flexibility index (Phi) is 3.61. The maximum absolute atomic E-state index is 11.4. The van der Waals surface area contributed by atoms with Crippen LogP contribution in [0.1, 0.15) is 10.4 Å². The predicted octanol–water partition coefficient (Wildman–Crippen LogP) is 1.17. The van der Waals surface area contributed by atoms with E-state index in [-0.39, 0.29) is 11.7 Å². The summed E-state index contributed by atoms with van der Waals surface area (Å²) in [6.07, 6.45) is 2.48. The number of rotatable bonds is 3. The summed E-state index contributed by atoms with van der Waals surface area (Å²) in [7, 11) is 1.51. The molecule has 0 heterocycles. The van der Waals surface area contributed by atoms with Gasteiger partial charge in [0.25, 0.3) is 0 Å². The number of carbonyl (C=O) groups excluding carboxylic acids is 2. The van der Waals surface area contributed by atoms with E-state index in [1.165, 1.54) is 19.2 Å². The maximum Gasteiger partial charge on any atom is 0.243 e. The molecule has 1 aromatic carbocycles. The van der Waals surface area contributed by atoms with Gasteiger partial charge in [0, 0.05) is 18.7 Å². The lowest BCUT2D eigenvalue weighted by Crippen LogP contribution is -2.14. The molecule has 14 heavy (non-hydrogen) atoms. The Bertz CT molecular complexity index is 355. The third-order valence-electron chi connectivity index (χ3n) is 1.69. The molecule has 1 rings (SSSR count). The van der Waals surface area contributed by atoms with Gasteiger partial charge >= 0.3 is 0 Å². The molecule has 0 spiro atoms. The highest BCUT2D eigenvalue weighted by Crippen LogP contribution is 2.00. The minimum absolute atomic E-state index is 0.172. The van der Waals surface area contributed by atoms with Crippen LogP contribution < -0.4 is 5.32 Å². The number of hydrogen-bond donors (Lipinski definition) is 1. The van der Waals surface area contributed by atoms with Crippen molar-refractivity contribution in [2.24, 2.45) is 0 Å². The van der Waals surface area contributed by atoms with Gasteiger partial charge in [-0.25, -0.2) is 0 Å². The minimum Gasteiger partial charge on any atom is -0.356 e. The summed E-state index contributed by atoms with van der Waals surface area (Å²) >= 11 is 0. The summed E-state index contributed by atoms with van der Waals surface area (Å²) in [4.78, 5) is 22.2. The monoisotopic (exact) mass is 189 g/mol. The molecule has 72 valence electrons. The van der Waals surface area contributed by atoms with Crippen molar-refractivity contribution in [2.75, 3.05) is 7.05 Å². The van der Waals surface area contributed by atoms with Crippen LogP contribution in [0.25, 0.3) is 0 Å². The number of hydrogen-bond acceptors (Lipinski definition) is 2. The Morgan fingerprint density at radius 2 is 1.79 bits per heavy atom. The molecule has 0 aliphatic rings. The number of nitrogens with one attached hydrogen (secondary N) is 1. The van der Waals surface area contributed by atoms with Crippen molar-refractivity contribution in [2.45, 2.75) is 0 Å². The molecule has 3 nitrogen and oxygen atoms in total. The highest BCUT2D eigenvalue weighted by molar-refractivity contribution is 6.07. The van der Waals surface area contributed by atoms with Crippen LogP contribution in [0.5, 0.6) is 0 Å². The van der Waals surface area contributed by atoms with Crippen LogP contribution in [0.2, 0.25) is 0 Å². The molecule has 1 amide bonds. The van der Waals surface area contributed by atoms with Gasteiger partial charge in [0.1, 0.15) is 0 Å². The zero-order valence-electron chi connectivity index (χ0n) is 7.86. The molecule has 3 heteroatoms. The summed E-state index contributed by atoms with van der Waals surface area (Å²) in [5, 5.41) is 2.39. The second-order valence-electron chi connectivity index (χ2n) is 2.68. The van der Waals surface area contributed by atoms with Gasteiger partial charge in [0.15, 0.2) is 5.78 Å². The molecule has 0 saturated carbocycles. The average Bonchev–Trinajstić information content (AvgIpc) is 2.26. The van der Waals surface area contributed by atoms with Crippen molar-refractivity contribution in [3.63, 3.8) is 0 Å². The number of benzene rings is 1. The van der Waals surface area contributed by atoms with Crippen LogP contribution in [0, 0.1) is 0 Å². The Morgan fingerprint density at radius 3 is 2.36 bits per heavy atom. The largest absolute Gasteiger partial charge is 0.356 e. The summed E-state index contributed by atoms with van der Waals surface area (Å²) in [5.74, 6) is -0.455. The van der Waals surface area contributed by atoms with Gasteiger partial charge in [0.05, 0.1) is 0 Å². The average molecular weight is 189 g/mol. The van der Waals surface area contributed by atoms with Crippen molar-refractivity contribution in [3.8, 4) is 0 Å². The van der Waals surface area contributed by atoms with Crippen molar-refractivity contribution in [1.82, 2.24) is 5.32 Å². The van der Waals surface area contributed by atoms with Crippen LogP contribution in [-0.4, -0.2) is 18.7 Å². The SMILES string of the molecule is CNC(=O)/C=C/C(=O)c1ccccc1. The number of amides is 1. The number of likely N-dealkylation sites (N-methyl/N-ethyl adjacent to an activating group) is 1. The molecule has 0 aromatic heterocycles. The maximum atomic E-state index is 11.4. The van der Waals surface area contributed by atoms with E-state index in [0.717, 1.165) is 0 Å². The van der Waals surface area contributed by atoms with Crippen LogP contribution in [0.3, 0.4) is 0 Å². The zero-order valence-corrected chi connectivity index (χ0v) is 7.86. The lowest BCUT2D eigenvalue weighted by molar-refractivity contribution is -0.116. The highest BCUT2D eigenvalue weighted by Gasteiger charge is 1.99. The third kappa shape index (κ3) is 2.86. The van der Waals surface area contributed by atoms with E-state index in [4.69, 9.17) is 0 Å². The topological polar surface area (TPSA) is 46.2 Å². The molecule has 0 unspecified atom stereocenters. The van der Waals surface area contributed by atoms with Crippen LogP contribution in [-0.2, 0) is 4.79 Å². The fraction of sp³-hybridized carbons (Fsp3) is 0.0909. The molecule has 0 saturated heterocycles. The smallest absolute Gasteiger partial charge is 0.243 e. The van der Waals surface area contributed by atoms with E-state index in [9.17, 15) is 9.59 Å². The summed E-state index contributed by atoms with van der Waals surface area (Å²) in [6.45, 7) is 0. The second kappa shape index (κ2) is 4.97. The van der Waals surface area contributed by atoms with Gasteiger partial charge in [-0.15, -0.1) is 0 Å². The van der Waals surface area contributed by atoms with Crippen molar-refractivity contribution in [3.05, 3.63) is 48.0 Å². The fourth-order valence-electron chi connectivity index (χ4n) is 0.933. The van der Waals surface area contributed by atoms with E-state index in [1.807, 2.05) is 6.07 Å².